The third-order valence-electron chi connectivity index (χ3n) is 7.26. The molecule has 0 aliphatic heterocycles. The second-order valence-electron chi connectivity index (χ2n) is 10.8. The predicted octanol–water partition coefficient (Wildman–Crippen LogP) is 6.72. The maximum Gasteiger partial charge on any atom is 0.389 e. The molecule has 1 fully saturated rings. The summed E-state index contributed by atoms with van der Waals surface area (Å²) in [6.45, 7) is 5.51. The van der Waals surface area contributed by atoms with Gasteiger partial charge in [-0.15, -0.1) is 11.3 Å². The summed E-state index contributed by atoms with van der Waals surface area (Å²) in [5.74, 6) is -4.25. The molecule has 2 aromatic heterocycles. The Balaban J connectivity index is 1.66. The second kappa shape index (κ2) is 11.4. The van der Waals surface area contributed by atoms with Crippen LogP contribution in [0.3, 0.4) is 0 Å². The van der Waals surface area contributed by atoms with Gasteiger partial charge in [0.2, 0.25) is 11.8 Å². The van der Waals surface area contributed by atoms with E-state index in [9.17, 15) is 31.5 Å². The smallest absolute Gasteiger partial charge is 0.364 e. The molecule has 3 aromatic rings. The molecule has 2 atom stereocenters. The summed E-state index contributed by atoms with van der Waals surface area (Å²) in [5.41, 5.74) is 7.64. The number of nitrogens with one attached hydrogen (secondary N) is 2. The number of aromatic nitrogens is 3. The van der Waals surface area contributed by atoms with Gasteiger partial charge in [-0.1, -0.05) is 19.9 Å². The fourth-order valence-electron chi connectivity index (χ4n) is 5.10. The van der Waals surface area contributed by atoms with Crippen LogP contribution in [-0.2, 0) is 4.79 Å². The van der Waals surface area contributed by atoms with Crippen LogP contribution >= 0.6 is 11.3 Å². The highest BCUT2D eigenvalue weighted by Gasteiger charge is 2.41. The minimum absolute atomic E-state index is 0.0175. The van der Waals surface area contributed by atoms with Crippen LogP contribution < -0.4 is 11.1 Å². The molecule has 1 aromatic carbocycles. The van der Waals surface area contributed by atoms with Crippen molar-refractivity contribution >= 4 is 34.2 Å². The summed E-state index contributed by atoms with van der Waals surface area (Å²) in [7, 11) is 0. The van der Waals surface area contributed by atoms with Crippen LogP contribution in [0.15, 0.2) is 18.2 Å². The second-order valence-corrected chi connectivity index (χ2v) is 11.8. The molecule has 1 saturated carbocycles. The summed E-state index contributed by atoms with van der Waals surface area (Å²) in [4.78, 5) is 37.5. The molecule has 0 saturated heterocycles. The maximum absolute atomic E-state index is 14.0. The Hall–Kier alpha value is -3.09. The molecule has 0 radical (unpaired) electrons. The van der Waals surface area contributed by atoms with Crippen molar-refractivity contribution in [2.24, 2.45) is 11.7 Å². The first-order chi connectivity index (χ1) is 18.6. The fraction of sp³-hybridized carbons (Fsp3) is 0.556. The number of fused-ring (bicyclic) bond motifs is 1. The Morgan fingerprint density at radius 3 is 2.42 bits per heavy atom. The van der Waals surface area contributed by atoms with Crippen LogP contribution in [0.2, 0.25) is 0 Å². The van der Waals surface area contributed by atoms with Crippen molar-refractivity contribution in [3.05, 3.63) is 45.2 Å². The minimum atomic E-state index is -4.41. The number of nitrogens with two attached hydrogens (primary N) is 1. The van der Waals surface area contributed by atoms with Gasteiger partial charge in [0.15, 0.2) is 0 Å². The third kappa shape index (κ3) is 6.97. The van der Waals surface area contributed by atoms with E-state index in [-0.39, 0.29) is 43.2 Å². The number of hydrogen-bond donors (Lipinski definition) is 3. The number of halogens is 5. The molecular weight excluding hydrogens is 553 g/mol. The normalized spacial score (nSPS) is 17.7. The van der Waals surface area contributed by atoms with Crippen molar-refractivity contribution in [2.75, 3.05) is 0 Å². The summed E-state index contributed by atoms with van der Waals surface area (Å²) in [5, 5.41) is 3.16. The first-order valence-electron chi connectivity index (χ1n) is 13.2. The molecule has 4 N–H and O–H groups in total. The first kappa shape index (κ1) is 29.9. The van der Waals surface area contributed by atoms with Crippen LogP contribution in [0.4, 0.5) is 22.0 Å². The van der Waals surface area contributed by atoms with Gasteiger partial charge in [-0.3, -0.25) is 9.59 Å². The average molecular weight is 586 g/mol. The highest BCUT2D eigenvalue weighted by atomic mass is 32.1. The van der Waals surface area contributed by atoms with Crippen molar-refractivity contribution in [1.82, 2.24) is 20.3 Å². The van der Waals surface area contributed by atoms with Crippen molar-refractivity contribution < 1.29 is 31.5 Å². The number of carbonyl (C=O) groups excluding carboxylic acids is 2. The molecule has 0 spiro atoms. The predicted molar refractivity (Wildman–Crippen MR) is 141 cm³/mol. The number of imidazole rings is 1. The van der Waals surface area contributed by atoms with E-state index in [0.29, 0.717) is 27.4 Å². The van der Waals surface area contributed by atoms with E-state index in [1.54, 1.807) is 25.1 Å². The number of nitrogens with zero attached hydrogens (tertiary/aromatic N) is 2. The van der Waals surface area contributed by atoms with E-state index in [2.05, 4.69) is 15.3 Å². The number of hydrogen-bond acceptors (Lipinski definition) is 5. The zero-order chi connectivity index (χ0) is 29.4. The van der Waals surface area contributed by atoms with Gasteiger partial charge in [0, 0.05) is 24.1 Å². The lowest BCUT2D eigenvalue weighted by Gasteiger charge is -2.32. The molecular formula is C27H32F5N5O2S. The number of primary amides is 1. The van der Waals surface area contributed by atoms with E-state index >= 15 is 0 Å². The van der Waals surface area contributed by atoms with Crippen molar-refractivity contribution in [3.63, 3.8) is 0 Å². The largest absolute Gasteiger partial charge is 0.389 e. The number of carbonyl (C=O) groups is 2. The average Bonchev–Trinajstić information content (AvgIpc) is 3.48. The monoisotopic (exact) mass is 585 g/mol. The van der Waals surface area contributed by atoms with E-state index < -0.39 is 48.7 Å². The molecule has 7 nitrogen and oxygen atoms in total. The third-order valence-corrected chi connectivity index (χ3v) is 8.70. The highest BCUT2D eigenvalue weighted by Crippen LogP contribution is 2.46. The van der Waals surface area contributed by atoms with Gasteiger partial charge >= 0.3 is 6.18 Å². The number of thiazole rings is 1. The highest BCUT2D eigenvalue weighted by molar-refractivity contribution is 7.12. The Bertz CT molecular complexity index is 1370. The van der Waals surface area contributed by atoms with Crippen LogP contribution in [0, 0.1) is 5.92 Å². The molecule has 0 unspecified atom stereocenters. The quantitative estimate of drug-likeness (QED) is 0.242. The molecule has 218 valence electrons. The summed E-state index contributed by atoms with van der Waals surface area (Å²) < 4.78 is 65.4. The van der Waals surface area contributed by atoms with Gasteiger partial charge in [-0.25, -0.2) is 18.7 Å². The van der Waals surface area contributed by atoms with E-state index in [0.717, 1.165) is 4.88 Å². The molecule has 13 heteroatoms. The van der Waals surface area contributed by atoms with E-state index in [1.165, 1.54) is 11.3 Å². The summed E-state index contributed by atoms with van der Waals surface area (Å²) >= 11 is 1.34. The number of H-pyrrole nitrogens is 1. The molecule has 1 aliphatic carbocycles. The molecule has 2 heterocycles. The maximum atomic E-state index is 14.0. The Labute approximate surface area is 232 Å². The lowest BCUT2D eigenvalue weighted by atomic mass is 9.78. The number of aromatic amines is 1. The van der Waals surface area contributed by atoms with Crippen LogP contribution in [0.25, 0.3) is 11.0 Å². The Morgan fingerprint density at radius 2 is 1.85 bits per heavy atom. The minimum Gasteiger partial charge on any atom is -0.364 e. The van der Waals surface area contributed by atoms with E-state index in [1.807, 2.05) is 13.8 Å². The Morgan fingerprint density at radius 1 is 1.18 bits per heavy atom. The van der Waals surface area contributed by atoms with Gasteiger partial charge in [0.1, 0.15) is 16.5 Å². The first-order valence-corrected chi connectivity index (χ1v) is 14.0. The lowest BCUT2D eigenvalue weighted by molar-refractivity contribution is -0.144. The van der Waals surface area contributed by atoms with Gasteiger partial charge in [-0.05, 0) is 49.3 Å². The zero-order valence-electron chi connectivity index (χ0n) is 22.4. The fourth-order valence-corrected chi connectivity index (χ4v) is 6.38. The van der Waals surface area contributed by atoms with Crippen molar-refractivity contribution in [3.8, 4) is 0 Å². The van der Waals surface area contributed by atoms with Crippen LogP contribution in [-0.4, -0.2) is 38.9 Å². The molecule has 0 bridgehead atoms. The molecule has 4 rings (SSSR count). The summed E-state index contributed by atoms with van der Waals surface area (Å²) in [6, 6.07) is 4.65. The lowest BCUT2D eigenvalue weighted by Crippen LogP contribution is -2.28. The number of rotatable bonds is 9. The zero-order valence-corrected chi connectivity index (χ0v) is 23.2. The molecule has 40 heavy (non-hydrogen) atoms. The SMILES string of the molecule is CC(C)c1sc([C@H](c2nc3ccc([C@@H](C)NC(=O)CCC(F)(F)F)cc3[nH]2)C2CCC(F)(F)CC2)nc1C(N)=O. The summed E-state index contributed by atoms with van der Waals surface area (Å²) in [6.07, 6.45) is -6.28. The number of benzene rings is 1. The van der Waals surface area contributed by atoms with Gasteiger partial charge in [0.25, 0.3) is 5.91 Å². The standard InChI is InChI=1S/C27H32F5N5O2S/c1-13(2)22-21(23(33)39)37-25(40-22)20(15-6-9-26(28,29)10-7-15)24-35-17-5-4-16(12-18(17)36-24)14(3)34-19(38)8-11-27(30,31)32/h4-5,12-15,20H,6-11H2,1-3H3,(H2,33,39)(H,34,38)(H,35,36)/t14-,20+/m1/s1. The number of amides is 2. The van der Waals surface area contributed by atoms with Gasteiger partial charge in [0.05, 0.1) is 29.4 Å². The molecule has 2 amide bonds. The van der Waals surface area contributed by atoms with E-state index in [4.69, 9.17) is 10.7 Å². The Kier molecular flexibility index (Phi) is 8.53. The topological polar surface area (TPSA) is 114 Å². The van der Waals surface area contributed by atoms with Crippen LogP contribution in [0.5, 0.6) is 0 Å². The van der Waals surface area contributed by atoms with Crippen molar-refractivity contribution in [2.45, 2.75) is 89.3 Å². The van der Waals surface area contributed by atoms with Crippen LogP contribution in [0.1, 0.15) is 109 Å². The van der Waals surface area contributed by atoms with Gasteiger partial charge < -0.3 is 16.0 Å². The van der Waals surface area contributed by atoms with Crippen molar-refractivity contribution in [1.29, 1.82) is 0 Å². The van der Waals surface area contributed by atoms with Gasteiger partial charge in [-0.2, -0.15) is 13.2 Å². The molecule has 1 aliphatic rings. The number of alkyl halides is 5.